The monoisotopic (exact) mass is 549 g/mol. The minimum atomic E-state index is -0.529. The number of carbonyl (C=O) groups excluding carboxylic acids is 1. The lowest BCUT2D eigenvalue weighted by Crippen LogP contribution is -2.34. The zero-order valence-electron chi connectivity index (χ0n) is 20.7. The third-order valence-electron chi connectivity index (χ3n) is 6.24. The quantitative estimate of drug-likeness (QED) is 0.289. The predicted octanol–water partition coefficient (Wildman–Crippen LogP) is 5.78. The fraction of sp³-hybridized carbons (Fsp3) is 0.179. The normalized spacial score (nSPS) is 14.5. The number of benzene rings is 3. The first kappa shape index (κ1) is 25.6. The number of hydrogen-bond acceptors (Lipinski definition) is 6. The Hall–Kier alpha value is -4.01. The predicted molar refractivity (Wildman–Crippen MR) is 147 cm³/mol. The van der Waals surface area contributed by atoms with Crippen LogP contribution in [0.1, 0.15) is 29.7 Å². The SMILES string of the molecule is COc1cc([C@H]2C(C(=O)NCc3ccccc3)=C(C)Nc3ncnn32)ccc1OCc1ccc(Cl)cc1Cl. The molecule has 8 nitrogen and oxygen atoms in total. The average Bonchev–Trinajstić information content (AvgIpc) is 3.39. The topological polar surface area (TPSA) is 90.3 Å². The van der Waals surface area contributed by atoms with Gasteiger partial charge in [-0.3, -0.25) is 4.79 Å². The maximum absolute atomic E-state index is 13.5. The van der Waals surface area contributed by atoms with Crippen molar-refractivity contribution in [2.75, 3.05) is 12.4 Å². The lowest BCUT2D eigenvalue weighted by Gasteiger charge is -2.29. The van der Waals surface area contributed by atoms with Crippen LogP contribution in [-0.2, 0) is 17.9 Å². The van der Waals surface area contributed by atoms with E-state index in [1.807, 2.05) is 61.5 Å². The lowest BCUT2D eigenvalue weighted by atomic mass is 9.94. The van der Waals surface area contributed by atoms with Crippen molar-refractivity contribution in [2.45, 2.75) is 26.1 Å². The Morgan fingerprint density at radius 1 is 1.08 bits per heavy atom. The summed E-state index contributed by atoms with van der Waals surface area (Å²) in [7, 11) is 1.57. The van der Waals surface area contributed by atoms with Crippen LogP contribution < -0.4 is 20.1 Å². The van der Waals surface area contributed by atoms with Gasteiger partial charge in [-0.25, -0.2) is 4.68 Å². The summed E-state index contributed by atoms with van der Waals surface area (Å²) in [4.78, 5) is 17.8. The van der Waals surface area contributed by atoms with Crippen LogP contribution in [0.5, 0.6) is 11.5 Å². The standard InChI is InChI=1S/C28H25Cl2N5O3/c1-17-25(27(36)31-14-18-6-4-3-5-7-18)26(35-28(34-17)32-16-33-35)19-9-11-23(24(12-19)37-2)38-15-20-8-10-21(29)13-22(20)30/h3-13,16,26H,14-15H2,1-2H3,(H,31,36)(H,32,33,34)/t26-/m0/s1. The molecule has 2 heterocycles. The third kappa shape index (κ3) is 5.32. The highest BCUT2D eigenvalue weighted by atomic mass is 35.5. The van der Waals surface area contributed by atoms with Gasteiger partial charge in [0.25, 0.3) is 5.91 Å². The number of anilines is 1. The Morgan fingerprint density at radius 3 is 2.66 bits per heavy atom. The lowest BCUT2D eigenvalue weighted by molar-refractivity contribution is -0.118. The van der Waals surface area contributed by atoms with Crippen LogP contribution in [0.15, 0.2) is 84.3 Å². The van der Waals surface area contributed by atoms with Crippen molar-refractivity contribution in [1.29, 1.82) is 0 Å². The minimum absolute atomic E-state index is 0.207. The number of allylic oxidation sites excluding steroid dienone is 1. The molecular formula is C28H25Cl2N5O3. The molecule has 4 aromatic rings. The molecule has 0 saturated heterocycles. The van der Waals surface area contributed by atoms with Crippen molar-refractivity contribution in [3.8, 4) is 11.5 Å². The van der Waals surface area contributed by atoms with Gasteiger partial charge in [0.05, 0.1) is 12.7 Å². The van der Waals surface area contributed by atoms with E-state index in [0.717, 1.165) is 16.7 Å². The summed E-state index contributed by atoms with van der Waals surface area (Å²) in [5.41, 5.74) is 3.81. The summed E-state index contributed by atoms with van der Waals surface area (Å²) in [6.45, 7) is 2.49. The first-order chi connectivity index (χ1) is 18.4. The summed E-state index contributed by atoms with van der Waals surface area (Å²) < 4.78 is 13.4. The van der Waals surface area contributed by atoms with Crippen LogP contribution in [0.3, 0.4) is 0 Å². The van der Waals surface area contributed by atoms with E-state index in [9.17, 15) is 4.79 Å². The van der Waals surface area contributed by atoms with Gasteiger partial charge in [-0.05, 0) is 42.3 Å². The Labute approximate surface area is 230 Å². The van der Waals surface area contributed by atoms with E-state index >= 15 is 0 Å². The first-order valence-corrected chi connectivity index (χ1v) is 12.6. The van der Waals surface area contributed by atoms with E-state index in [1.54, 1.807) is 23.9 Å². The molecule has 5 rings (SSSR count). The number of nitrogens with one attached hydrogen (secondary N) is 2. The number of aromatic nitrogens is 3. The molecule has 10 heteroatoms. The van der Waals surface area contributed by atoms with Gasteiger partial charge in [0.2, 0.25) is 5.95 Å². The van der Waals surface area contributed by atoms with E-state index in [0.29, 0.717) is 45.3 Å². The Morgan fingerprint density at radius 2 is 1.89 bits per heavy atom. The molecule has 0 fully saturated rings. The van der Waals surface area contributed by atoms with Crippen LogP contribution >= 0.6 is 23.2 Å². The van der Waals surface area contributed by atoms with Gasteiger partial charge in [-0.2, -0.15) is 10.1 Å². The second-order valence-electron chi connectivity index (χ2n) is 8.70. The number of amides is 1. The van der Waals surface area contributed by atoms with Gasteiger partial charge >= 0.3 is 0 Å². The molecule has 0 bridgehead atoms. The van der Waals surface area contributed by atoms with Gasteiger partial charge in [0, 0.05) is 27.9 Å². The van der Waals surface area contributed by atoms with Crippen molar-refractivity contribution < 1.29 is 14.3 Å². The Kier molecular flexibility index (Phi) is 7.53. The molecule has 1 atom stereocenters. The summed E-state index contributed by atoms with van der Waals surface area (Å²) in [6.07, 6.45) is 1.46. The summed E-state index contributed by atoms with van der Waals surface area (Å²) >= 11 is 12.3. The van der Waals surface area contributed by atoms with Gasteiger partial charge in [-0.1, -0.05) is 65.7 Å². The van der Waals surface area contributed by atoms with Gasteiger partial charge in [-0.15, -0.1) is 0 Å². The number of rotatable bonds is 8. The molecule has 0 radical (unpaired) electrons. The van der Waals surface area contributed by atoms with Gasteiger partial charge in [0.15, 0.2) is 11.5 Å². The number of methoxy groups -OCH3 is 1. The van der Waals surface area contributed by atoms with Gasteiger partial charge in [0.1, 0.15) is 19.0 Å². The number of carbonyl (C=O) groups is 1. The van der Waals surface area contributed by atoms with Crippen LogP contribution in [0.4, 0.5) is 5.95 Å². The summed E-state index contributed by atoms with van der Waals surface area (Å²) in [5, 5.41) is 11.7. The van der Waals surface area contributed by atoms with E-state index in [-0.39, 0.29) is 12.5 Å². The van der Waals surface area contributed by atoms with Crippen LogP contribution in [0, 0.1) is 0 Å². The number of fused-ring (bicyclic) bond motifs is 1. The molecular weight excluding hydrogens is 525 g/mol. The minimum Gasteiger partial charge on any atom is -0.493 e. The molecule has 0 spiro atoms. The zero-order valence-corrected chi connectivity index (χ0v) is 22.3. The molecule has 38 heavy (non-hydrogen) atoms. The Bertz CT molecular complexity index is 1500. The first-order valence-electron chi connectivity index (χ1n) is 11.9. The number of hydrogen-bond donors (Lipinski definition) is 2. The third-order valence-corrected chi connectivity index (χ3v) is 6.82. The van der Waals surface area contributed by atoms with E-state index in [2.05, 4.69) is 20.7 Å². The van der Waals surface area contributed by atoms with Crippen molar-refractivity contribution in [3.05, 3.63) is 111 Å². The van der Waals surface area contributed by atoms with Crippen LogP contribution in [0.25, 0.3) is 0 Å². The van der Waals surface area contributed by atoms with Crippen molar-refractivity contribution in [1.82, 2.24) is 20.1 Å². The molecule has 1 aromatic heterocycles. The molecule has 0 unspecified atom stereocenters. The Balaban J connectivity index is 1.43. The van der Waals surface area contributed by atoms with Crippen molar-refractivity contribution in [2.24, 2.45) is 0 Å². The molecule has 1 aliphatic rings. The largest absolute Gasteiger partial charge is 0.493 e. The molecule has 1 aliphatic heterocycles. The highest BCUT2D eigenvalue weighted by molar-refractivity contribution is 6.35. The molecule has 194 valence electrons. The molecule has 1 amide bonds. The zero-order chi connectivity index (χ0) is 26.6. The molecule has 0 aliphatic carbocycles. The fourth-order valence-electron chi connectivity index (χ4n) is 4.33. The summed E-state index contributed by atoms with van der Waals surface area (Å²) in [6, 6.07) is 20.0. The maximum atomic E-state index is 13.5. The number of ether oxygens (including phenoxy) is 2. The average molecular weight is 550 g/mol. The highest BCUT2D eigenvalue weighted by Gasteiger charge is 2.33. The molecule has 3 aromatic carbocycles. The van der Waals surface area contributed by atoms with Crippen LogP contribution in [-0.4, -0.2) is 27.8 Å². The van der Waals surface area contributed by atoms with E-state index in [1.165, 1.54) is 6.33 Å². The van der Waals surface area contributed by atoms with Crippen LogP contribution in [0.2, 0.25) is 10.0 Å². The van der Waals surface area contributed by atoms with Gasteiger partial charge < -0.3 is 20.1 Å². The second-order valence-corrected chi connectivity index (χ2v) is 9.54. The number of nitrogens with zero attached hydrogens (tertiary/aromatic N) is 3. The molecule has 0 saturated carbocycles. The second kappa shape index (κ2) is 11.2. The van der Waals surface area contributed by atoms with Crippen molar-refractivity contribution in [3.63, 3.8) is 0 Å². The smallest absolute Gasteiger partial charge is 0.251 e. The highest BCUT2D eigenvalue weighted by Crippen LogP contribution is 2.39. The number of halogens is 2. The van der Waals surface area contributed by atoms with Crippen molar-refractivity contribution >= 4 is 35.1 Å². The molecule has 2 N–H and O–H groups in total. The van der Waals surface area contributed by atoms with E-state index < -0.39 is 6.04 Å². The van der Waals surface area contributed by atoms with E-state index in [4.69, 9.17) is 32.7 Å². The maximum Gasteiger partial charge on any atom is 0.251 e. The fourth-order valence-corrected chi connectivity index (χ4v) is 4.80. The summed E-state index contributed by atoms with van der Waals surface area (Å²) in [5.74, 6) is 1.38.